The van der Waals surface area contributed by atoms with Gasteiger partial charge < -0.3 is 4.42 Å². The maximum atomic E-state index is 12.2. The number of ketones is 1. The second-order valence-corrected chi connectivity index (χ2v) is 5.30. The van der Waals surface area contributed by atoms with Crippen molar-refractivity contribution < 1.29 is 9.21 Å². The molecule has 3 nitrogen and oxygen atoms in total. The summed E-state index contributed by atoms with van der Waals surface area (Å²) in [4.78, 5) is 16.6. The first kappa shape index (κ1) is 14.3. The number of carbonyl (C=O) groups is 1. The van der Waals surface area contributed by atoms with Crippen molar-refractivity contribution in [3.8, 4) is 11.5 Å². The number of benzene rings is 2. The van der Waals surface area contributed by atoms with Gasteiger partial charge in [-0.1, -0.05) is 42.0 Å². The van der Waals surface area contributed by atoms with E-state index in [1.807, 2.05) is 61.5 Å². The highest BCUT2D eigenvalue weighted by Gasteiger charge is 2.10. The number of hydrogen-bond acceptors (Lipinski definition) is 3. The number of Topliss-reactive ketones (excluding diaryl/α,β-unsaturated/α-hetero) is 1. The van der Waals surface area contributed by atoms with E-state index in [-0.39, 0.29) is 5.78 Å². The zero-order valence-corrected chi connectivity index (χ0v) is 12.5. The fourth-order valence-corrected chi connectivity index (χ4v) is 2.34. The second-order valence-electron chi connectivity index (χ2n) is 5.30. The molecule has 3 aromatic rings. The lowest BCUT2D eigenvalue weighted by Gasteiger charge is -2.00. The molecule has 1 aromatic heterocycles. The molecule has 0 saturated heterocycles. The molecule has 3 heteroatoms. The third kappa shape index (κ3) is 3.31. The van der Waals surface area contributed by atoms with Gasteiger partial charge >= 0.3 is 0 Å². The van der Waals surface area contributed by atoms with E-state index in [0.717, 1.165) is 22.4 Å². The van der Waals surface area contributed by atoms with Crippen LogP contribution in [0.2, 0.25) is 0 Å². The summed E-state index contributed by atoms with van der Waals surface area (Å²) in [6, 6.07) is 17.4. The molecule has 0 aliphatic rings. The van der Waals surface area contributed by atoms with Crippen molar-refractivity contribution >= 4 is 5.78 Å². The second kappa shape index (κ2) is 6.39. The van der Waals surface area contributed by atoms with Crippen molar-refractivity contribution in [1.29, 1.82) is 0 Å². The summed E-state index contributed by atoms with van der Waals surface area (Å²) < 4.78 is 5.49. The van der Waals surface area contributed by atoms with Gasteiger partial charge in [0, 0.05) is 24.0 Å². The highest BCUT2D eigenvalue weighted by Crippen LogP contribution is 2.19. The van der Waals surface area contributed by atoms with Crippen LogP contribution in [0.4, 0.5) is 0 Å². The van der Waals surface area contributed by atoms with Crippen molar-refractivity contribution in [3.63, 3.8) is 0 Å². The number of rotatable bonds is 5. The molecule has 0 aliphatic heterocycles. The molecule has 2 aromatic carbocycles. The van der Waals surface area contributed by atoms with E-state index in [2.05, 4.69) is 4.98 Å². The van der Waals surface area contributed by atoms with Gasteiger partial charge in [-0.25, -0.2) is 4.98 Å². The van der Waals surface area contributed by atoms with Gasteiger partial charge in [0.05, 0.1) is 5.69 Å². The molecule has 0 N–H and O–H groups in total. The Balaban J connectivity index is 1.65. The summed E-state index contributed by atoms with van der Waals surface area (Å²) in [7, 11) is 0. The molecule has 0 bridgehead atoms. The van der Waals surface area contributed by atoms with Crippen molar-refractivity contribution in [2.75, 3.05) is 0 Å². The first-order valence-corrected chi connectivity index (χ1v) is 7.32. The Morgan fingerprint density at radius 2 is 1.91 bits per heavy atom. The van der Waals surface area contributed by atoms with E-state index in [1.165, 1.54) is 0 Å². The number of aryl methyl sites for hydroxylation is 2. The Kier molecular flexibility index (Phi) is 4.15. The molecule has 0 amide bonds. The van der Waals surface area contributed by atoms with Crippen molar-refractivity contribution in [2.24, 2.45) is 0 Å². The van der Waals surface area contributed by atoms with Crippen LogP contribution < -0.4 is 0 Å². The number of oxazole rings is 1. The van der Waals surface area contributed by atoms with Gasteiger partial charge in [-0.2, -0.15) is 0 Å². The minimum Gasteiger partial charge on any atom is -0.444 e. The molecular weight excluding hydrogens is 274 g/mol. The fourth-order valence-electron chi connectivity index (χ4n) is 2.34. The summed E-state index contributed by atoms with van der Waals surface area (Å²) in [6.45, 7) is 1.99. The van der Waals surface area contributed by atoms with Crippen LogP contribution in [0.3, 0.4) is 0 Å². The molecule has 0 spiro atoms. The quantitative estimate of drug-likeness (QED) is 0.651. The van der Waals surface area contributed by atoms with Gasteiger partial charge in [0.2, 0.25) is 5.89 Å². The molecule has 22 heavy (non-hydrogen) atoms. The van der Waals surface area contributed by atoms with Crippen LogP contribution in [0.1, 0.15) is 28.0 Å². The molecule has 110 valence electrons. The van der Waals surface area contributed by atoms with Gasteiger partial charge in [-0.3, -0.25) is 4.79 Å². The maximum Gasteiger partial charge on any atom is 0.226 e. The first-order chi connectivity index (χ1) is 10.7. The van der Waals surface area contributed by atoms with E-state index in [0.29, 0.717) is 18.7 Å². The highest BCUT2D eigenvalue weighted by atomic mass is 16.3. The van der Waals surface area contributed by atoms with E-state index in [9.17, 15) is 4.79 Å². The summed E-state index contributed by atoms with van der Waals surface area (Å²) in [6.07, 6.45) is 2.65. The van der Waals surface area contributed by atoms with Gasteiger partial charge in [0.15, 0.2) is 5.78 Å². The van der Waals surface area contributed by atoms with Crippen LogP contribution in [-0.4, -0.2) is 10.8 Å². The normalized spacial score (nSPS) is 10.6. The molecule has 0 atom stereocenters. The maximum absolute atomic E-state index is 12.2. The minimum absolute atomic E-state index is 0.132. The van der Waals surface area contributed by atoms with Gasteiger partial charge in [0.1, 0.15) is 6.26 Å². The number of aromatic nitrogens is 1. The highest BCUT2D eigenvalue weighted by molar-refractivity contribution is 5.96. The van der Waals surface area contributed by atoms with Crippen molar-refractivity contribution in [1.82, 2.24) is 4.98 Å². The van der Waals surface area contributed by atoms with Crippen LogP contribution >= 0.6 is 0 Å². The lowest BCUT2D eigenvalue weighted by atomic mass is 10.0. The molecule has 0 unspecified atom stereocenters. The molecule has 0 radical (unpaired) electrons. The predicted molar refractivity (Wildman–Crippen MR) is 85.8 cm³/mol. The largest absolute Gasteiger partial charge is 0.444 e. The minimum atomic E-state index is 0.132. The number of carbonyl (C=O) groups excluding carboxylic acids is 1. The number of nitrogens with zero attached hydrogens (tertiary/aromatic N) is 1. The van der Waals surface area contributed by atoms with Crippen molar-refractivity contribution in [2.45, 2.75) is 19.8 Å². The Labute approximate surface area is 129 Å². The van der Waals surface area contributed by atoms with E-state index >= 15 is 0 Å². The summed E-state index contributed by atoms with van der Waals surface area (Å²) in [5.41, 5.74) is 3.60. The number of hydrogen-bond donors (Lipinski definition) is 0. The molecular formula is C19H17NO2. The van der Waals surface area contributed by atoms with Crippen LogP contribution in [-0.2, 0) is 6.42 Å². The zero-order chi connectivity index (χ0) is 15.4. The van der Waals surface area contributed by atoms with Gasteiger partial charge in [-0.15, -0.1) is 0 Å². The third-order valence-corrected chi connectivity index (χ3v) is 3.52. The van der Waals surface area contributed by atoms with Crippen LogP contribution in [0, 0.1) is 6.92 Å². The topological polar surface area (TPSA) is 43.1 Å². The van der Waals surface area contributed by atoms with Crippen LogP contribution in [0.25, 0.3) is 11.5 Å². The lowest BCUT2D eigenvalue weighted by Crippen LogP contribution is -2.01. The Morgan fingerprint density at radius 1 is 1.09 bits per heavy atom. The van der Waals surface area contributed by atoms with Crippen LogP contribution in [0.15, 0.2) is 65.3 Å². The van der Waals surface area contributed by atoms with E-state index < -0.39 is 0 Å². The molecule has 0 saturated carbocycles. The Hall–Kier alpha value is -2.68. The lowest BCUT2D eigenvalue weighted by molar-refractivity contribution is 0.0982. The smallest absolute Gasteiger partial charge is 0.226 e. The summed E-state index contributed by atoms with van der Waals surface area (Å²) >= 11 is 0. The monoisotopic (exact) mass is 291 g/mol. The standard InChI is InChI=1S/C19H17NO2/c1-14-6-5-9-16(12-14)18(21)11-10-17-13-22-19(20-17)15-7-3-2-4-8-15/h2-9,12-13H,10-11H2,1H3. The van der Waals surface area contributed by atoms with E-state index in [1.54, 1.807) is 6.26 Å². The Morgan fingerprint density at radius 3 is 2.68 bits per heavy atom. The summed E-state index contributed by atoms with van der Waals surface area (Å²) in [5, 5.41) is 0. The Bertz CT molecular complexity index is 775. The van der Waals surface area contributed by atoms with Gasteiger partial charge in [-0.05, 0) is 25.1 Å². The fraction of sp³-hybridized carbons (Fsp3) is 0.158. The first-order valence-electron chi connectivity index (χ1n) is 7.32. The van der Waals surface area contributed by atoms with E-state index in [4.69, 9.17) is 4.42 Å². The predicted octanol–water partition coefficient (Wildman–Crippen LogP) is 4.47. The van der Waals surface area contributed by atoms with Crippen LogP contribution in [0.5, 0.6) is 0 Å². The van der Waals surface area contributed by atoms with Crippen molar-refractivity contribution in [3.05, 3.63) is 77.7 Å². The molecule has 0 fully saturated rings. The van der Waals surface area contributed by atoms with Gasteiger partial charge in [0.25, 0.3) is 0 Å². The average molecular weight is 291 g/mol. The third-order valence-electron chi connectivity index (χ3n) is 3.52. The zero-order valence-electron chi connectivity index (χ0n) is 12.5. The molecule has 0 aliphatic carbocycles. The molecule has 1 heterocycles. The average Bonchev–Trinajstić information content (AvgIpc) is 3.02. The summed E-state index contributed by atoms with van der Waals surface area (Å²) in [5.74, 6) is 0.728. The SMILES string of the molecule is Cc1cccc(C(=O)CCc2coc(-c3ccccc3)n2)c1. The molecule has 3 rings (SSSR count).